The number of rotatable bonds is 8. The molecule has 0 aliphatic rings. The Hall–Kier alpha value is -1.06. The van der Waals surface area contributed by atoms with Crippen molar-refractivity contribution in [1.29, 1.82) is 0 Å². The van der Waals surface area contributed by atoms with Crippen molar-refractivity contribution in [3.8, 4) is 5.75 Å². The fraction of sp³-hybridized carbons (Fsp3) is 0.625. The van der Waals surface area contributed by atoms with Crippen LogP contribution in [0.4, 0.5) is 0 Å². The van der Waals surface area contributed by atoms with Gasteiger partial charge >= 0.3 is 0 Å². The van der Waals surface area contributed by atoms with E-state index in [1.807, 2.05) is 12.1 Å². The van der Waals surface area contributed by atoms with Crippen LogP contribution in [0.1, 0.15) is 32.3 Å². The number of likely N-dealkylation sites (N-methyl/N-ethyl adjacent to an activating group) is 1. The summed E-state index contributed by atoms with van der Waals surface area (Å²) in [5.41, 5.74) is 7.36. The predicted molar refractivity (Wildman–Crippen MR) is 81.7 cm³/mol. The van der Waals surface area contributed by atoms with Gasteiger partial charge in [-0.15, -0.1) is 0 Å². The Kier molecular flexibility index (Phi) is 6.89. The number of nitrogens with two attached hydrogens (primary N) is 1. The van der Waals surface area contributed by atoms with E-state index in [4.69, 9.17) is 10.5 Å². The van der Waals surface area contributed by atoms with Crippen LogP contribution in [0.25, 0.3) is 0 Å². The molecule has 0 bridgehead atoms. The number of hydrogen-bond acceptors (Lipinski definition) is 3. The minimum Gasteiger partial charge on any atom is -0.496 e. The minimum absolute atomic E-state index is 0.273. The summed E-state index contributed by atoms with van der Waals surface area (Å²) in [5, 5.41) is 0. The Labute approximate surface area is 117 Å². The average molecular weight is 264 g/mol. The molecular formula is C16H28N2O. The number of hydrogen-bond donors (Lipinski definition) is 1. The van der Waals surface area contributed by atoms with E-state index in [1.54, 1.807) is 7.11 Å². The van der Waals surface area contributed by atoms with E-state index < -0.39 is 0 Å². The van der Waals surface area contributed by atoms with Crippen LogP contribution in [0.5, 0.6) is 5.75 Å². The molecule has 0 aliphatic heterocycles. The van der Waals surface area contributed by atoms with E-state index in [0.29, 0.717) is 6.04 Å². The van der Waals surface area contributed by atoms with Crippen LogP contribution in [0, 0.1) is 0 Å². The molecule has 1 aromatic carbocycles. The molecule has 0 heterocycles. The van der Waals surface area contributed by atoms with Crippen LogP contribution in [-0.4, -0.2) is 37.7 Å². The van der Waals surface area contributed by atoms with Crippen molar-refractivity contribution in [3.63, 3.8) is 0 Å². The van der Waals surface area contributed by atoms with Gasteiger partial charge in [0.25, 0.3) is 0 Å². The number of ether oxygens (including phenoxy) is 1. The van der Waals surface area contributed by atoms with Crippen LogP contribution >= 0.6 is 0 Å². The normalized spacial score (nSPS) is 14.4. The van der Waals surface area contributed by atoms with E-state index in [1.165, 1.54) is 5.56 Å². The summed E-state index contributed by atoms with van der Waals surface area (Å²) < 4.78 is 5.40. The van der Waals surface area contributed by atoms with Gasteiger partial charge < -0.3 is 15.4 Å². The zero-order valence-electron chi connectivity index (χ0n) is 12.7. The average Bonchev–Trinajstić information content (AvgIpc) is 2.39. The summed E-state index contributed by atoms with van der Waals surface area (Å²) >= 11 is 0. The number of nitrogens with zero attached hydrogens (tertiary/aromatic N) is 1. The zero-order valence-corrected chi connectivity index (χ0v) is 12.7. The van der Waals surface area contributed by atoms with Gasteiger partial charge in [-0.05, 0) is 38.4 Å². The summed E-state index contributed by atoms with van der Waals surface area (Å²) in [6.45, 7) is 5.37. The molecule has 19 heavy (non-hydrogen) atoms. The fourth-order valence-electron chi connectivity index (χ4n) is 2.36. The molecule has 2 atom stereocenters. The Morgan fingerprint density at radius 2 is 2.00 bits per heavy atom. The molecule has 3 nitrogen and oxygen atoms in total. The maximum absolute atomic E-state index is 6.11. The smallest absolute Gasteiger partial charge is 0.122 e. The molecule has 0 amide bonds. The number of benzene rings is 1. The van der Waals surface area contributed by atoms with Crippen molar-refractivity contribution in [2.24, 2.45) is 5.73 Å². The van der Waals surface area contributed by atoms with E-state index in [0.717, 1.165) is 31.6 Å². The van der Waals surface area contributed by atoms with Gasteiger partial charge in [0.1, 0.15) is 5.75 Å². The quantitative estimate of drug-likeness (QED) is 0.784. The first-order valence-corrected chi connectivity index (χ1v) is 7.16. The third kappa shape index (κ3) is 5.21. The summed E-state index contributed by atoms with van der Waals surface area (Å²) in [5.74, 6) is 0.973. The molecule has 1 rings (SSSR count). The van der Waals surface area contributed by atoms with E-state index in [9.17, 15) is 0 Å². The van der Waals surface area contributed by atoms with Gasteiger partial charge in [-0.2, -0.15) is 0 Å². The lowest BCUT2D eigenvalue weighted by molar-refractivity contribution is 0.235. The highest BCUT2D eigenvalue weighted by Crippen LogP contribution is 2.20. The first-order chi connectivity index (χ1) is 9.08. The van der Waals surface area contributed by atoms with Gasteiger partial charge in [0, 0.05) is 18.6 Å². The summed E-state index contributed by atoms with van der Waals surface area (Å²) in [6.07, 6.45) is 3.22. The Morgan fingerprint density at radius 1 is 1.32 bits per heavy atom. The monoisotopic (exact) mass is 264 g/mol. The molecular weight excluding hydrogens is 236 g/mol. The maximum Gasteiger partial charge on any atom is 0.122 e. The molecule has 0 aromatic heterocycles. The second-order valence-electron chi connectivity index (χ2n) is 5.35. The molecule has 2 N–H and O–H groups in total. The highest BCUT2D eigenvalue weighted by molar-refractivity contribution is 5.33. The van der Waals surface area contributed by atoms with Crippen molar-refractivity contribution >= 4 is 0 Å². The predicted octanol–water partition coefficient (Wildman–Crippen LogP) is 2.69. The summed E-state index contributed by atoms with van der Waals surface area (Å²) in [7, 11) is 3.87. The lowest BCUT2D eigenvalue weighted by atomic mass is 10.0. The van der Waals surface area contributed by atoms with Crippen LogP contribution in [0.3, 0.4) is 0 Å². The van der Waals surface area contributed by atoms with E-state index in [2.05, 4.69) is 37.9 Å². The van der Waals surface area contributed by atoms with Crippen molar-refractivity contribution in [1.82, 2.24) is 4.90 Å². The van der Waals surface area contributed by atoms with Gasteiger partial charge in [-0.25, -0.2) is 0 Å². The lowest BCUT2D eigenvalue weighted by Gasteiger charge is -2.28. The van der Waals surface area contributed by atoms with E-state index in [-0.39, 0.29) is 6.04 Å². The molecule has 0 saturated heterocycles. The Bertz CT molecular complexity index is 368. The molecule has 0 spiro atoms. The van der Waals surface area contributed by atoms with Gasteiger partial charge in [0.2, 0.25) is 0 Å². The molecule has 0 aliphatic carbocycles. The van der Waals surface area contributed by atoms with Crippen LogP contribution < -0.4 is 10.5 Å². The van der Waals surface area contributed by atoms with Crippen LogP contribution in [0.15, 0.2) is 24.3 Å². The third-order valence-electron chi connectivity index (χ3n) is 3.64. The largest absolute Gasteiger partial charge is 0.496 e. The third-order valence-corrected chi connectivity index (χ3v) is 3.64. The summed E-state index contributed by atoms with van der Waals surface area (Å²) in [6, 6.07) is 8.95. The second-order valence-corrected chi connectivity index (χ2v) is 5.35. The molecule has 0 saturated carbocycles. The Balaban J connectivity index is 2.55. The van der Waals surface area contributed by atoms with Crippen molar-refractivity contribution < 1.29 is 4.74 Å². The minimum atomic E-state index is 0.273. The molecule has 0 fully saturated rings. The molecule has 1 aromatic rings. The molecule has 2 unspecified atom stereocenters. The van der Waals surface area contributed by atoms with Crippen molar-refractivity contribution in [2.45, 2.75) is 45.2 Å². The van der Waals surface area contributed by atoms with Gasteiger partial charge in [-0.3, -0.25) is 0 Å². The second kappa shape index (κ2) is 8.18. The van der Waals surface area contributed by atoms with Crippen LogP contribution in [-0.2, 0) is 6.42 Å². The highest BCUT2D eigenvalue weighted by Gasteiger charge is 2.14. The van der Waals surface area contributed by atoms with Gasteiger partial charge in [-0.1, -0.05) is 31.5 Å². The fourth-order valence-corrected chi connectivity index (χ4v) is 2.36. The Morgan fingerprint density at radius 3 is 2.63 bits per heavy atom. The van der Waals surface area contributed by atoms with E-state index >= 15 is 0 Å². The molecule has 3 heteroatoms. The highest BCUT2D eigenvalue weighted by atomic mass is 16.5. The number of para-hydroxylation sites is 1. The topological polar surface area (TPSA) is 38.5 Å². The summed E-state index contributed by atoms with van der Waals surface area (Å²) in [4.78, 5) is 2.34. The first-order valence-electron chi connectivity index (χ1n) is 7.16. The molecule has 0 radical (unpaired) electrons. The standard InChI is InChI=1S/C16H28N2O/c1-5-8-15(17)12-18(3)13(2)11-14-9-6-7-10-16(14)19-4/h6-7,9-10,13,15H,5,8,11-12,17H2,1-4H3. The SMILES string of the molecule is CCCC(N)CN(C)C(C)Cc1ccccc1OC. The van der Waals surface area contributed by atoms with Gasteiger partial charge in [0.05, 0.1) is 7.11 Å². The first kappa shape index (κ1) is 16.0. The van der Waals surface area contributed by atoms with Crippen molar-refractivity contribution in [3.05, 3.63) is 29.8 Å². The molecule has 108 valence electrons. The maximum atomic E-state index is 6.11. The van der Waals surface area contributed by atoms with Crippen molar-refractivity contribution in [2.75, 3.05) is 20.7 Å². The zero-order chi connectivity index (χ0) is 14.3. The van der Waals surface area contributed by atoms with Gasteiger partial charge in [0.15, 0.2) is 0 Å². The number of methoxy groups -OCH3 is 1. The lowest BCUT2D eigenvalue weighted by Crippen LogP contribution is -2.40. The van der Waals surface area contributed by atoms with Crippen LogP contribution in [0.2, 0.25) is 0 Å².